The van der Waals surface area contributed by atoms with Gasteiger partial charge in [-0.2, -0.15) is 0 Å². The van der Waals surface area contributed by atoms with Crippen LogP contribution in [0.15, 0.2) is 36.5 Å². The van der Waals surface area contributed by atoms with Gasteiger partial charge in [-0.25, -0.2) is 0 Å². The summed E-state index contributed by atoms with van der Waals surface area (Å²) in [7, 11) is 0. The van der Waals surface area contributed by atoms with Crippen LogP contribution in [0.5, 0.6) is 0 Å². The molecule has 3 N–H and O–H groups in total. The molecule has 6 nitrogen and oxygen atoms in total. The molecule has 2 unspecified atom stereocenters. The van der Waals surface area contributed by atoms with E-state index in [9.17, 15) is 19.8 Å². The number of hydrogen-bond donors (Lipinski definition) is 3. The fourth-order valence-electron chi connectivity index (χ4n) is 6.76. The van der Waals surface area contributed by atoms with Crippen LogP contribution in [-0.4, -0.2) is 47.4 Å². The van der Waals surface area contributed by atoms with Crippen LogP contribution in [0.2, 0.25) is 0 Å². The molecule has 0 aliphatic heterocycles. The van der Waals surface area contributed by atoms with Crippen molar-refractivity contribution in [2.24, 2.45) is 0 Å². The number of ether oxygens (including phenoxy) is 1. The SMILES string of the molecule is CCCC/C=C\C/C=C\CCCCCCCC(=O)OCCCC/C=C\CCCCCCCC(=O)NC(CO)C(O)CCCCCCCCCCCCCC. The zero-order valence-electron chi connectivity index (χ0n) is 35.7. The average molecular weight is 760 g/mol. The molecule has 0 spiro atoms. The first kappa shape index (κ1) is 52.1. The van der Waals surface area contributed by atoms with Crippen molar-refractivity contribution in [2.75, 3.05) is 13.2 Å². The molecule has 0 aliphatic carbocycles. The molecule has 1 amide bonds. The van der Waals surface area contributed by atoms with Gasteiger partial charge in [-0.1, -0.05) is 179 Å². The minimum Gasteiger partial charge on any atom is -0.466 e. The van der Waals surface area contributed by atoms with Crippen LogP contribution in [0.1, 0.15) is 232 Å². The Morgan fingerprint density at radius 1 is 0.519 bits per heavy atom. The molecular weight excluding hydrogens is 671 g/mol. The smallest absolute Gasteiger partial charge is 0.305 e. The minimum absolute atomic E-state index is 0.0468. The van der Waals surface area contributed by atoms with E-state index in [1.54, 1.807) is 0 Å². The molecule has 54 heavy (non-hydrogen) atoms. The molecule has 0 fully saturated rings. The number of nitrogens with one attached hydrogen (secondary N) is 1. The Morgan fingerprint density at radius 3 is 1.48 bits per heavy atom. The first-order valence-electron chi connectivity index (χ1n) is 23.2. The molecule has 0 bridgehead atoms. The van der Waals surface area contributed by atoms with Crippen molar-refractivity contribution in [3.05, 3.63) is 36.5 Å². The summed E-state index contributed by atoms with van der Waals surface area (Å²) in [5.41, 5.74) is 0. The predicted octanol–water partition coefficient (Wildman–Crippen LogP) is 13.3. The molecule has 2 atom stereocenters. The quantitative estimate of drug-likeness (QED) is 0.0327. The van der Waals surface area contributed by atoms with Gasteiger partial charge in [0.15, 0.2) is 0 Å². The number of carbonyl (C=O) groups is 2. The molecule has 0 aromatic heterocycles. The van der Waals surface area contributed by atoms with Crippen molar-refractivity contribution in [1.29, 1.82) is 0 Å². The molecule has 6 heteroatoms. The number of carbonyl (C=O) groups excluding carboxylic acids is 2. The molecule has 0 heterocycles. The van der Waals surface area contributed by atoms with Crippen LogP contribution < -0.4 is 5.32 Å². The number of aliphatic hydroxyl groups excluding tert-OH is 2. The lowest BCUT2D eigenvalue weighted by atomic mass is 10.0. The number of amides is 1. The third-order valence-electron chi connectivity index (χ3n) is 10.4. The van der Waals surface area contributed by atoms with Gasteiger partial charge >= 0.3 is 5.97 Å². The molecule has 0 saturated heterocycles. The summed E-state index contributed by atoms with van der Waals surface area (Å²) in [6, 6.07) is -0.562. The lowest BCUT2D eigenvalue weighted by Gasteiger charge is -2.22. The highest BCUT2D eigenvalue weighted by molar-refractivity contribution is 5.76. The highest BCUT2D eigenvalue weighted by Gasteiger charge is 2.20. The molecule has 0 aliphatic rings. The van der Waals surface area contributed by atoms with Crippen molar-refractivity contribution in [3.8, 4) is 0 Å². The second-order valence-electron chi connectivity index (χ2n) is 15.7. The fraction of sp³-hybridized carbons (Fsp3) is 0.833. The van der Waals surface area contributed by atoms with Gasteiger partial charge in [-0.15, -0.1) is 0 Å². The third-order valence-corrected chi connectivity index (χ3v) is 10.4. The van der Waals surface area contributed by atoms with Crippen LogP contribution >= 0.6 is 0 Å². The Hall–Kier alpha value is -1.92. The van der Waals surface area contributed by atoms with Gasteiger partial charge in [0.2, 0.25) is 5.91 Å². The van der Waals surface area contributed by atoms with Crippen molar-refractivity contribution < 1.29 is 24.5 Å². The predicted molar refractivity (Wildman–Crippen MR) is 232 cm³/mol. The summed E-state index contributed by atoms with van der Waals surface area (Å²) in [6.45, 7) is 4.80. The molecule has 316 valence electrons. The fourth-order valence-corrected chi connectivity index (χ4v) is 6.76. The first-order chi connectivity index (χ1) is 26.5. The summed E-state index contributed by atoms with van der Waals surface area (Å²) < 4.78 is 5.41. The highest BCUT2D eigenvalue weighted by atomic mass is 16.5. The van der Waals surface area contributed by atoms with Crippen molar-refractivity contribution in [2.45, 2.75) is 244 Å². The van der Waals surface area contributed by atoms with E-state index in [2.05, 4.69) is 55.6 Å². The van der Waals surface area contributed by atoms with Crippen LogP contribution in [0, 0.1) is 0 Å². The summed E-state index contributed by atoms with van der Waals surface area (Å²) in [4.78, 5) is 24.4. The van der Waals surface area contributed by atoms with Crippen LogP contribution in [0.3, 0.4) is 0 Å². The Morgan fingerprint density at radius 2 is 0.944 bits per heavy atom. The van der Waals surface area contributed by atoms with Crippen LogP contribution in [-0.2, 0) is 14.3 Å². The number of esters is 1. The maximum atomic E-state index is 12.4. The van der Waals surface area contributed by atoms with E-state index in [4.69, 9.17) is 4.74 Å². The number of hydrogen-bond acceptors (Lipinski definition) is 5. The molecular formula is C48H89NO5. The Labute approximate surface area is 334 Å². The molecule has 0 aromatic carbocycles. The van der Waals surface area contributed by atoms with Gasteiger partial charge in [0, 0.05) is 12.8 Å². The molecule has 0 aromatic rings. The normalized spacial score (nSPS) is 13.0. The van der Waals surface area contributed by atoms with Crippen molar-refractivity contribution in [1.82, 2.24) is 5.32 Å². The summed E-state index contributed by atoms with van der Waals surface area (Å²) in [6.07, 6.45) is 51.0. The molecule has 0 radical (unpaired) electrons. The molecule has 0 saturated carbocycles. The Balaban J connectivity index is 3.55. The van der Waals surface area contributed by atoms with E-state index in [1.807, 2.05) is 0 Å². The summed E-state index contributed by atoms with van der Waals surface area (Å²) in [5, 5.41) is 23.1. The van der Waals surface area contributed by atoms with Gasteiger partial charge in [-0.05, 0) is 77.0 Å². The van der Waals surface area contributed by atoms with Gasteiger partial charge in [0.25, 0.3) is 0 Å². The topological polar surface area (TPSA) is 95.9 Å². The first-order valence-corrected chi connectivity index (χ1v) is 23.2. The minimum atomic E-state index is -0.682. The second kappa shape index (κ2) is 43.8. The molecule has 0 rings (SSSR count). The summed E-state index contributed by atoms with van der Waals surface area (Å²) in [5.74, 6) is -0.114. The van der Waals surface area contributed by atoms with Crippen molar-refractivity contribution in [3.63, 3.8) is 0 Å². The largest absolute Gasteiger partial charge is 0.466 e. The van der Waals surface area contributed by atoms with E-state index < -0.39 is 12.1 Å². The zero-order valence-corrected chi connectivity index (χ0v) is 35.7. The van der Waals surface area contributed by atoms with Gasteiger partial charge in [0.1, 0.15) is 0 Å². The zero-order chi connectivity index (χ0) is 39.4. The lowest BCUT2D eigenvalue weighted by Crippen LogP contribution is -2.45. The third kappa shape index (κ3) is 39.8. The summed E-state index contributed by atoms with van der Waals surface area (Å²) >= 11 is 0. The van der Waals surface area contributed by atoms with Gasteiger partial charge in [-0.3, -0.25) is 9.59 Å². The van der Waals surface area contributed by atoms with E-state index in [1.165, 1.54) is 103 Å². The maximum absolute atomic E-state index is 12.4. The van der Waals surface area contributed by atoms with Crippen molar-refractivity contribution >= 4 is 11.9 Å². The standard InChI is InChI=1S/C48H89NO5/c1-3-5-7-9-11-13-15-17-18-22-26-30-34-38-42-48(53)54-43-39-35-31-27-23-19-21-25-29-33-37-41-47(52)49-45(44-50)46(51)40-36-32-28-24-20-16-14-12-10-8-6-4-2/h9,11,15,17,23,27,45-46,50-51H,3-8,10,12-14,16,18-22,24-26,28-44H2,1-2H3,(H,49,52)/b11-9-,17-15-,27-23-. The van der Waals surface area contributed by atoms with E-state index in [0.29, 0.717) is 25.9 Å². The monoisotopic (exact) mass is 760 g/mol. The Bertz CT molecular complexity index is 884. The second-order valence-corrected chi connectivity index (χ2v) is 15.7. The van der Waals surface area contributed by atoms with Gasteiger partial charge < -0.3 is 20.3 Å². The number of rotatable bonds is 42. The van der Waals surface area contributed by atoms with Gasteiger partial charge in [0.05, 0.1) is 25.4 Å². The lowest BCUT2D eigenvalue weighted by molar-refractivity contribution is -0.143. The highest BCUT2D eigenvalue weighted by Crippen LogP contribution is 2.15. The Kier molecular flexibility index (Phi) is 42.2. The van der Waals surface area contributed by atoms with E-state index in [0.717, 1.165) is 96.3 Å². The maximum Gasteiger partial charge on any atom is 0.305 e. The average Bonchev–Trinajstić information content (AvgIpc) is 3.17. The number of unbranched alkanes of at least 4 members (excludes halogenated alkanes) is 25. The van der Waals surface area contributed by atoms with Crippen LogP contribution in [0.25, 0.3) is 0 Å². The van der Waals surface area contributed by atoms with E-state index in [-0.39, 0.29) is 18.5 Å². The van der Waals surface area contributed by atoms with E-state index >= 15 is 0 Å². The number of aliphatic hydroxyl groups is 2. The van der Waals surface area contributed by atoms with Crippen LogP contribution in [0.4, 0.5) is 0 Å². The number of allylic oxidation sites excluding steroid dienone is 6.